The van der Waals surface area contributed by atoms with Crippen LogP contribution in [0.5, 0.6) is 0 Å². The molecule has 2 N–H and O–H groups in total. The molecule has 2 saturated carbocycles. The molecule has 23 heavy (non-hydrogen) atoms. The first kappa shape index (κ1) is 16.4. The van der Waals surface area contributed by atoms with Gasteiger partial charge < -0.3 is 15.5 Å². The zero-order valence-corrected chi connectivity index (χ0v) is 14.5. The zero-order valence-electron chi connectivity index (χ0n) is 14.5. The highest BCUT2D eigenvalue weighted by Gasteiger charge is 2.86. The van der Waals surface area contributed by atoms with Gasteiger partial charge in [0.1, 0.15) is 5.82 Å². The summed E-state index contributed by atoms with van der Waals surface area (Å²) in [5.74, 6) is 0.846. The van der Waals surface area contributed by atoms with Crippen molar-refractivity contribution in [3.63, 3.8) is 0 Å². The van der Waals surface area contributed by atoms with E-state index in [-0.39, 0.29) is 16.7 Å². The van der Waals surface area contributed by atoms with Crippen LogP contribution in [0.3, 0.4) is 0 Å². The molecule has 0 atom stereocenters. The summed E-state index contributed by atoms with van der Waals surface area (Å²) in [4.78, 5) is 19.4. The summed E-state index contributed by atoms with van der Waals surface area (Å²) < 4.78 is 0. The molecule has 0 bridgehead atoms. The van der Waals surface area contributed by atoms with Gasteiger partial charge in [0.05, 0.1) is 5.41 Å². The lowest BCUT2D eigenvalue weighted by Crippen LogP contribution is -2.34. The molecule has 2 fully saturated rings. The highest BCUT2D eigenvalue weighted by Crippen LogP contribution is 2.86. The Balaban J connectivity index is 1.56. The Labute approximate surface area is 138 Å². The van der Waals surface area contributed by atoms with Crippen molar-refractivity contribution in [1.82, 2.24) is 15.2 Å². The van der Waals surface area contributed by atoms with E-state index in [1.807, 2.05) is 26.1 Å². The van der Waals surface area contributed by atoms with E-state index in [1.165, 1.54) is 0 Å². The molecule has 3 rings (SSSR count). The Kier molecular flexibility index (Phi) is 4.43. The second-order valence-electron chi connectivity index (χ2n) is 7.27. The van der Waals surface area contributed by atoms with E-state index in [4.69, 9.17) is 0 Å². The predicted molar refractivity (Wildman–Crippen MR) is 92.4 cm³/mol. The van der Waals surface area contributed by atoms with Crippen molar-refractivity contribution < 1.29 is 4.79 Å². The van der Waals surface area contributed by atoms with Crippen LogP contribution in [0.1, 0.15) is 31.7 Å². The molecule has 0 unspecified atom stereocenters. The van der Waals surface area contributed by atoms with Crippen molar-refractivity contribution in [1.29, 1.82) is 0 Å². The molecule has 1 heterocycles. The normalized spacial score (nSPS) is 27.7. The molecule has 126 valence electrons. The Morgan fingerprint density at radius 3 is 2.83 bits per heavy atom. The van der Waals surface area contributed by atoms with Gasteiger partial charge in [-0.25, -0.2) is 4.98 Å². The number of carbonyl (C=O) groups is 1. The number of amides is 1. The lowest BCUT2D eigenvalue weighted by Gasteiger charge is -2.22. The average Bonchev–Trinajstić information content (AvgIpc) is 3.32. The first-order valence-corrected chi connectivity index (χ1v) is 8.66. The summed E-state index contributed by atoms with van der Waals surface area (Å²) in [6.45, 7) is 8.45. The van der Waals surface area contributed by atoms with Gasteiger partial charge in [0.15, 0.2) is 0 Å². The van der Waals surface area contributed by atoms with E-state index in [2.05, 4.69) is 27.4 Å². The maximum atomic E-state index is 12.6. The number of rotatable bonds is 9. The number of aromatic nitrogens is 1. The molecule has 0 spiro atoms. The van der Waals surface area contributed by atoms with Crippen LogP contribution in [0.2, 0.25) is 0 Å². The fourth-order valence-corrected chi connectivity index (χ4v) is 3.80. The van der Waals surface area contributed by atoms with Crippen molar-refractivity contribution >= 4 is 11.7 Å². The fourth-order valence-electron chi connectivity index (χ4n) is 3.80. The summed E-state index contributed by atoms with van der Waals surface area (Å²) in [6.07, 6.45) is 4.98. The summed E-state index contributed by atoms with van der Waals surface area (Å²) >= 11 is 0. The van der Waals surface area contributed by atoms with E-state index in [9.17, 15) is 4.79 Å². The van der Waals surface area contributed by atoms with Crippen LogP contribution in [0.15, 0.2) is 18.3 Å². The lowest BCUT2D eigenvalue weighted by molar-refractivity contribution is -0.119. The second-order valence-corrected chi connectivity index (χ2v) is 7.27. The van der Waals surface area contributed by atoms with Crippen molar-refractivity contribution in [2.75, 3.05) is 38.5 Å². The van der Waals surface area contributed by atoms with E-state index < -0.39 is 0 Å². The quantitative estimate of drug-likeness (QED) is 0.732. The molecule has 2 aliphatic carbocycles. The smallest absolute Gasteiger partial charge is 0.232 e. The second kappa shape index (κ2) is 6.21. The Morgan fingerprint density at radius 1 is 1.39 bits per heavy atom. The molecule has 2 aliphatic rings. The molecule has 1 aromatic heterocycles. The van der Waals surface area contributed by atoms with Crippen LogP contribution in [0.25, 0.3) is 0 Å². The Hall–Kier alpha value is -1.46. The Morgan fingerprint density at radius 2 is 2.17 bits per heavy atom. The minimum absolute atomic E-state index is 0.107. The van der Waals surface area contributed by atoms with Crippen molar-refractivity contribution in [3.8, 4) is 0 Å². The summed E-state index contributed by atoms with van der Waals surface area (Å²) in [5.41, 5.74) is 1.25. The largest absolute Gasteiger partial charge is 0.318 e. The minimum atomic E-state index is -0.107. The number of hydrogen-bond acceptors (Lipinski definition) is 4. The average molecular weight is 316 g/mol. The molecule has 0 aliphatic heterocycles. The number of nitrogens with zero attached hydrogens (tertiary/aromatic N) is 2. The van der Waals surface area contributed by atoms with Gasteiger partial charge >= 0.3 is 0 Å². The third kappa shape index (κ3) is 3.12. The van der Waals surface area contributed by atoms with Crippen molar-refractivity contribution in [2.45, 2.75) is 33.1 Å². The van der Waals surface area contributed by atoms with Gasteiger partial charge in [0.2, 0.25) is 5.91 Å². The lowest BCUT2D eigenvalue weighted by atomic mass is 10.2. The summed E-state index contributed by atoms with van der Waals surface area (Å²) in [6, 6.07) is 3.87. The van der Waals surface area contributed by atoms with Crippen molar-refractivity contribution in [3.05, 3.63) is 23.9 Å². The molecular formula is C18H28N4O. The fraction of sp³-hybridized carbons (Fsp3) is 0.667. The number of carbonyl (C=O) groups excluding carboxylic acids is 1. The standard InChI is InChI=1S/C18H28N4O/c1-4-8-22(9-7-19-3)13-17-11-18(17,12-17)16(23)21-15-10-14(2)5-6-20-15/h5-6,10,19H,4,7-9,11-13H2,1-3H3,(H,20,21,23). The van der Waals surface area contributed by atoms with Crippen LogP contribution in [0, 0.1) is 17.8 Å². The van der Waals surface area contributed by atoms with Crippen molar-refractivity contribution in [2.24, 2.45) is 10.8 Å². The zero-order chi connectivity index (χ0) is 16.5. The highest BCUT2D eigenvalue weighted by molar-refractivity contribution is 6.01. The third-order valence-electron chi connectivity index (χ3n) is 5.38. The van der Waals surface area contributed by atoms with Gasteiger partial charge in [-0.2, -0.15) is 0 Å². The Bertz CT molecular complexity index is 580. The molecule has 5 nitrogen and oxygen atoms in total. The van der Waals surface area contributed by atoms with Gasteiger partial charge in [-0.3, -0.25) is 4.79 Å². The topological polar surface area (TPSA) is 57.3 Å². The first-order chi connectivity index (χ1) is 11.0. The van der Waals surface area contributed by atoms with E-state index in [1.54, 1.807) is 6.20 Å². The van der Waals surface area contributed by atoms with Gasteiger partial charge in [-0.1, -0.05) is 6.92 Å². The van der Waals surface area contributed by atoms with Crippen LogP contribution in [0.4, 0.5) is 5.82 Å². The SMILES string of the molecule is CCCN(CCNC)CC12CC1(C(=O)Nc1cc(C)ccn1)C2. The number of anilines is 1. The molecule has 1 amide bonds. The van der Waals surface area contributed by atoms with Crippen LogP contribution < -0.4 is 10.6 Å². The van der Waals surface area contributed by atoms with E-state index in [0.29, 0.717) is 5.82 Å². The number of aryl methyl sites for hydroxylation is 1. The molecule has 1 aromatic rings. The number of fused-ring (bicyclic) bond motifs is 1. The number of hydrogen-bond donors (Lipinski definition) is 2. The minimum Gasteiger partial charge on any atom is -0.318 e. The van der Waals surface area contributed by atoms with Gasteiger partial charge in [0, 0.05) is 25.8 Å². The van der Waals surface area contributed by atoms with E-state index >= 15 is 0 Å². The van der Waals surface area contributed by atoms with Crippen LogP contribution in [-0.2, 0) is 4.79 Å². The predicted octanol–water partition coefficient (Wildman–Crippen LogP) is 2.04. The van der Waals surface area contributed by atoms with E-state index in [0.717, 1.165) is 51.0 Å². The maximum absolute atomic E-state index is 12.6. The summed E-state index contributed by atoms with van der Waals surface area (Å²) in [7, 11) is 1.99. The first-order valence-electron chi connectivity index (χ1n) is 8.66. The molecule has 5 heteroatoms. The molecule has 0 aromatic carbocycles. The van der Waals surface area contributed by atoms with Gasteiger partial charge in [-0.05, 0) is 62.9 Å². The maximum Gasteiger partial charge on any atom is 0.232 e. The van der Waals surface area contributed by atoms with Crippen LogP contribution in [-0.4, -0.2) is 49.0 Å². The monoisotopic (exact) mass is 316 g/mol. The number of nitrogens with one attached hydrogen (secondary N) is 2. The number of likely N-dealkylation sites (N-methyl/N-ethyl adjacent to an activating group) is 1. The molecule has 0 radical (unpaired) electrons. The van der Waals surface area contributed by atoms with Crippen LogP contribution >= 0.6 is 0 Å². The van der Waals surface area contributed by atoms with Gasteiger partial charge in [-0.15, -0.1) is 0 Å². The third-order valence-corrected chi connectivity index (χ3v) is 5.38. The molecular weight excluding hydrogens is 288 g/mol. The summed E-state index contributed by atoms with van der Waals surface area (Å²) in [5, 5.41) is 6.24. The van der Waals surface area contributed by atoms with Gasteiger partial charge in [0.25, 0.3) is 0 Å². The highest BCUT2D eigenvalue weighted by atomic mass is 16.2. The molecule has 0 saturated heterocycles. The number of pyridine rings is 1.